The Hall–Kier alpha value is -1.90. The Morgan fingerprint density at radius 1 is 0.767 bits per heavy atom. The molecule has 0 fully saturated rings. The van der Waals surface area contributed by atoms with Gasteiger partial charge in [-0.15, -0.1) is 0 Å². The van der Waals surface area contributed by atoms with E-state index < -0.39 is 0 Å². The van der Waals surface area contributed by atoms with Gasteiger partial charge in [-0.2, -0.15) is 0 Å². The second-order valence-corrected chi connectivity index (χ2v) is 8.33. The molecule has 0 N–H and O–H groups in total. The van der Waals surface area contributed by atoms with Crippen molar-refractivity contribution in [3.8, 4) is 17.0 Å². The molecule has 0 saturated heterocycles. The number of pyridine rings is 1. The first kappa shape index (κ1) is 24.4. The fourth-order valence-electron chi connectivity index (χ4n) is 3.73. The first-order valence-electron chi connectivity index (χ1n) is 12.1. The van der Waals surface area contributed by atoms with Crippen LogP contribution in [0.1, 0.15) is 96.5 Å². The van der Waals surface area contributed by atoms with Crippen LogP contribution in [0.5, 0.6) is 5.75 Å². The maximum atomic E-state index is 14.6. The first-order chi connectivity index (χ1) is 14.7. The Kier molecular flexibility index (Phi) is 12.2. The van der Waals surface area contributed by atoms with Crippen LogP contribution in [-0.2, 0) is 6.42 Å². The molecule has 2 aromatic rings. The summed E-state index contributed by atoms with van der Waals surface area (Å²) in [5.74, 6) is 0.567. The molecule has 0 aliphatic carbocycles. The lowest BCUT2D eigenvalue weighted by molar-refractivity contribution is 0.303. The number of unbranched alkanes of at least 4 members (excludes halogenated alkanes) is 10. The maximum absolute atomic E-state index is 14.6. The van der Waals surface area contributed by atoms with Crippen molar-refractivity contribution in [2.75, 3.05) is 6.61 Å². The minimum atomic E-state index is -0.187. The summed E-state index contributed by atoms with van der Waals surface area (Å²) in [6.45, 7) is 5.18. The van der Waals surface area contributed by atoms with Crippen molar-refractivity contribution >= 4 is 0 Å². The third-order valence-electron chi connectivity index (χ3n) is 5.63. The van der Waals surface area contributed by atoms with Gasteiger partial charge in [0.2, 0.25) is 0 Å². The Morgan fingerprint density at radius 3 is 2.07 bits per heavy atom. The Bertz CT molecular complexity index is 699. The predicted molar refractivity (Wildman–Crippen MR) is 126 cm³/mol. The molecule has 1 heterocycles. The fourth-order valence-corrected chi connectivity index (χ4v) is 3.73. The highest BCUT2D eigenvalue weighted by molar-refractivity contribution is 5.60. The van der Waals surface area contributed by atoms with Crippen LogP contribution in [0.25, 0.3) is 11.3 Å². The van der Waals surface area contributed by atoms with Gasteiger partial charge in [-0.05, 0) is 49.1 Å². The predicted octanol–water partition coefficient (Wildman–Crippen LogP) is 8.53. The minimum absolute atomic E-state index is 0.187. The zero-order chi connectivity index (χ0) is 21.4. The normalized spacial score (nSPS) is 11.0. The van der Waals surface area contributed by atoms with E-state index in [1.54, 1.807) is 12.3 Å². The summed E-state index contributed by atoms with van der Waals surface area (Å²) in [6, 6.07) is 9.32. The van der Waals surface area contributed by atoms with Crippen molar-refractivity contribution in [1.29, 1.82) is 0 Å². The quantitative estimate of drug-likeness (QED) is 0.257. The van der Waals surface area contributed by atoms with Gasteiger partial charge in [-0.3, -0.25) is 4.98 Å². The molecule has 0 atom stereocenters. The molecular formula is C27H40FNO. The summed E-state index contributed by atoms with van der Waals surface area (Å²) in [6.07, 6.45) is 17.7. The van der Waals surface area contributed by atoms with E-state index in [0.29, 0.717) is 17.9 Å². The molecule has 3 heteroatoms. The Labute approximate surface area is 183 Å². The summed E-state index contributed by atoms with van der Waals surface area (Å²) in [7, 11) is 0. The van der Waals surface area contributed by atoms with E-state index in [2.05, 4.69) is 18.8 Å². The summed E-state index contributed by atoms with van der Waals surface area (Å²) in [4.78, 5) is 4.41. The molecule has 0 unspecified atom stereocenters. The Balaban J connectivity index is 1.76. The molecule has 0 radical (unpaired) electrons. The van der Waals surface area contributed by atoms with Crippen molar-refractivity contribution < 1.29 is 9.13 Å². The summed E-state index contributed by atoms with van der Waals surface area (Å²) in [5, 5.41) is 0. The SMILES string of the molecule is CCCCCCCCCc1ccc(-c2ccc(OCCCCCCC)cn2)c(F)c1. The van der Waals surface area contributed by atoms with Gasteiger partial charge in [0, 0.05) is 5.56 Å². The van der Waals surface area contributed by atoms with E-state index in [4.69, 9.17) is 4.74 Å². The van der Waals surface area contributed by atoms with Crippen LogP contribution in [0, 0.1) is 5.82 Å². The third kappa shape index (κ3) is 9.28. The van der Waals surface area contributed by atoms with Crippen molar-refractivity contribution in [2.45, 2.75) is 97.3 Å². The van der Waals surface area contributed by atoms with Gasteiger partial charge in [0.15, 0.2) is 0 Å². The largest absolute Gasteiger partial charge is 0.492 e. The van der Waals surface area contributed by atoms with Crippen LogP contribution < -0.4 is 4.74 Å². The number of aryl methyl sites for hydroxylation is 1. The van der Waals surface area contributed by atoms with E-state index >= 15 is 0 Å². The van der Waals surface area contributed by atoms with Crippen molar-refractivity contribution in [1.82, 2.24) is 4.98 Å². The van der Waals surface area contributed by atoms with Gasteiger partial charge in [0.1, 0.15) is 11.6 Å². The molecule has 2 rings (SSSR count). The molecule has 166 valence electrons. The number of halogens is 1. The van der Waals surface area contributed by atoms with Gasteiger partial charge in [-0.25, -0.2) is 4.39 Å². The highest BCUT2D eigenvalue weighted by Gasteiger charge is 2.08. The molecular weight excluding hydrogens is 373 g/mol. The lowest BCUT2D eigenvalue weighted by Crippen LogP contribution is -1.98. The topological polar surface area (TPSA) is 22.1 Å². The first-order valence-corrected chi connectivity index (χ1v) is 12.1. The molecule has 0 spiro atoms. The van der Waals surface area contributed by atoms with Crippen LogP contribution >= 0.6 is 0 Å². The highest BCUT2D eigenvalue weighted by atomic mass is 19.1. The van der Waals surface area contributed by atoms with Gasteiger partial charge in [-0.1, -0.05) is 84.1 Å². The molecule has 1 aromatic heterocycles. The van der Waals surface area contributed by atoms with Gasteiger partial charge in [0.25, 0.3) is 0 Å². The molecule has 0 aliphatic rings. The van der Waals surface area contributed by atoms with E-state index in [9.17, 15) is 4.39 Å². The second-order valence-electron chi connectivity index (χ2n) is 8.33. The number of ether oxygens (including phenoxy) is 1. The third-order valence-corrected chi connectivity index (χ3v) is 5.63. The molecule has 0 bridgehead atoms. The number of benzene rings is 1. The molecule has 0 saturated carbocycles. The smallest absolute Gasteiger partial charge is 0.137 e. The minimum Gasteiger partial charge on any atom is -0.492 e. The van der Waals surface area contributed by atoms with E-state index in [-0.39, 0.29) is 5.82 Å². The van der Waals surface area contributed by atoms with Crippen LogP contribution in [-0.4, -0.2) is 11.6 Å². The summed E-state index contributed by atoms with van der Waals surface area (Å²) >= 11 is 0. The molecule has 2 nitrogen and oxygen atoms in total. The molecule has 0 amide bonds. The zero-order valence-electron chi connectivity index (χ0n) is 19.1. The van der Waals surface area contributed by atoms with E-state index in [0.717, 1.165) is 30.6 Å². The van der Waals surface area contributed by atoms with Crippen molar-refractivity contribution in [3.05, 3.63) is 47.9 Å². The van der Waals surface area contributed by atoms with Gasteiger partial charge < -0.3 is 4.74 Å². The Morgan fingerprint density at radius 2 is 1.43 bits per heavy atom. The van der Waals surface area contributed by atoms with Crippen LogP contribution in [0.4, 0.5) is 4.39 Å². The zero-order valence-corrected chi connectivity index (χ0v) is 19.1. The number of hydrogen-bond donors (Lipinski definition) is 0. The molecule has 30 heavy (non-hydrogen) atoms. The van der Waals surface area contributed by atoms with Crippen LogP contribution in [0.15, 0.2) is 36.5 Å². The summed E-state index contributed by atoms with van der Waals surface area (Å²) < 4.78 is 20.4. The van der Waals surface area contributed by atoms with Crippen LogP contribution in [0.2, 0.25) is 0 Å². The monoisotopic (exact) mass is 413 g/mol. The lowest BCUT2D eigenvalue weighted by atomic mass is 10.0. The maximum Gasteiger partial charge on any atom is 0.137 e. The number of rotatable bonds is 16. The number of aromatic nitrogens is 1. The van der Waals surface area contributed by atoms with E-state index in [1.165, 1.54) is 64.2 Å². The lowest BCUT2D eigenvalue weighted by Gasteiger charge is -2.09. The standard InChI is InChI=1S/C27H40FNO/c1-3-5-7-9-10-11-13-15-23-16-18-25(26(28)21-23)27-19-17-24(22-29-27)30-20-14-12-8-6-4-2/h16-19,21-22H,3-15,20H2,1-2H3. The highest BCUT2D eigenvalue weighted by Crippen LogP contribution is 2.24. The fraction of sp³-hybridized carbons (Fsp3) is 0.593. The van der Waals surface area contributed by atoms with Crippen molar-refractivity contribution in [3.63, 3.8) is 0 Å². The second kappa shape index (κ2) is 15.0. The van der Waals surface area contributed by atoms with Crippen molar-refractivity contribution in [2.24, 2.45) is 0 Å². The number of hydrogen-bond acceptors (Lipinski definition) is 2. The summed E-state index contributed by atoms with van der Waals surface area (Å²) in [5.41, 5.74) is 2.29. The average molecular weight is 414 g/mol. The number of nitrogens with zero attached hydrogens (tertiary/aromatic N) is 1. The average Bonchev–Trinajstić information content (AvgIpc) is 2.76. The van der Waals surface area contributed by atoms with Crippen LogP contribution in [0.3, 0.4) is 0 Å². The van der Waals surface area contributed by atoms with E-state index in [1.807, 2.05) is 24.3 Å². The molecule has 1 aromatic carbocycles. The van der Waals surface area contributed by atoms with Gasteiger partial charge >= 0.3 is 0 Å². The van der Waals surface area contributed by atoms with Gasteiger partial charge in [0.05, 0.1) is 18.5 Å². The molecule has 0 aliphatic heterocycles.